The summed E-state index contributed by atoms with van der Waals surface area (Å²) in [5.74, 6) is -0.462. The first-order chi connectivity index (χ1) is 16.7. The lowest BCUT2D eigenvalue weighted by molar-refractivity contribution is -0.134. The predicted molar refractivity (Wildman–Crippen MR) is 136 cm³/mol. The van der Waals surface area contributed by atoms with E-state index in [-0.39, 0.29) is 28.9 Å². The van der Waals surface area contributed by atoms with Crippen molar-refractivity contribution in [3.05, 3.63) is 69.4 Å². The van der Waals surface area contributed by atoms with Crippen LogP contribution in [0.4, 0.5) is 11.6 Å². The largest absolute Gasteiger partial charge is 0.478 e. The van der Waals surface area contributed by atoms with Gasteiger partial charge in [0.05, 0.1) is 17.0 Å². The first-order valence-corrected chi connectivity index (χ1v) is 11.9. The fourth-order valence-electron chi connectivity index (χ4n) is 4.52. The van der Waals surface area contributed by atoms with Crippen LogP contribution in [0, 0.1) is 12.8 Å². The van der Waals surface area contributed by atoms with Gasteiger partial charge in [0.1, 0.15) is 5.58 Å². The summed E-state index contributed by atoms with van der Waals surface area (Å²) in [6.07, 6.45) is 0. The van der Waals surface area contributed by atoms with Crippen LogP contribution in [0.3, 0.4) is 0 Å². The van der Waals surface area contributed by atoms with Gasteiger partial charge >= 0.3 is 5.97 Å². The van der Waals surface area contributed by atoms with Crippen molar-refractivity contribution in [1.82, 2.24) is 4.90 Å². The van der Waals surface area contributed by atoms with E-state index >= 15 is 0 Å². The molecule has 0 saturated carbocycles. The summed E-state index contributed by atoms with van der Waals surface area (Å²) in [7, 11) is 0. The van der Waals surface area contributed by atoms with Gasteiger partial charge in [-0.25, -0.2) is 4.79 Å². The summed E-state index contributed by atoms with van der Waals surface area (Å²) in [6, 6.07) is 11.7. The lowest BCUT2D eigenvalue weighted by Gasteiger charge is -2.35. The van der Waals surface area contributed by atoms with E-state index in [1.165, 1.54) is 6.07 Å². The number of carbonyl (C=O) groups excluding carboxylic acids is 1. The molecule has 1 unspecified atom stereocenters. The molecule has 2 heterocycles. The fraction of sp³-hybridized carbons (Fsp3) is 0.370. The number of piperazine rings is 1. The number of rotatable bonds is 6. The minimum atomic E-state index is -1.02. The molecular formula is C27H31N3O5. The van der Waals surface area contributed by atoms with E-state index in [0.29, 0.717) is 48.7 Å². The number of fused-ring (bicyclic) bond motifs is 1. The molecular weight excluding hydrogens is 446 g/mol. The van der Waals surface area contributed by atoms with Crippen molar-refractivity contribution in [2.24, 2.45) is 5.92 Å². The van der Waals surface area contributed by atoms with Crippen molar-refractivity contribution in [3.8, 4) is 0 Å². The van der Waals surface area contributed by atoms with Gasteiger partial charge in [-0.05, 0) is 37.6 Å². The normalized spacial score (nSPS) is 14.9. The van der Waals surface area contributed by atoms with E-state index in [4.69, 9.17) is 4.42 Å². The lowest BCUT2D eigenvalue weighted by Crippen LogP contribution is -2.50. The van der Waals surface area contributed by atoms with Gasteiger partial charge in [0.25, 0.3) is 0 Å². The number of benzene rings is 2. The Morgan fingerprint density at radius 1 is 1.03 bits per heavy atom. The molecule has 3 aromatic rings. The maximum atomic E-state index is 13.1. The molecule has 8 nitrogen and oxygen atoms in total. The molecule has 35 heavy (non-hydrogen) atoms. The van der Waals surface area contributed by atoms with E-state index in [0.717, 1.165) is 11.1 Å². The Hall–Kier alpha value is -3.81. The van der Waals surface area contributed by atoms with Crippen LogP contribution < -0.4 is 15.6 Å². The van der Waals surface area contributed by atoms with Crippen LogP contribution in [0.1, 0.15) is 48.3 Å². The number of anilines is 2. The van der Waals surface area contributed by atoms with Crippen LogP contribution in [-0.2, 0) is 4.79 Å². The quantitative estimate of drug-likeness (QED) is 0.546. The number of carbonyl (C=O) groups is 2. The van der Waals surface area contributed by atoms with E-state index < -0.39 is 5.97 Å². The number of nitrogens with one attached hydrogen (secondary N) is 1. The molecule has 2 N–H and O–H groups in total. The number of aryl methyl sites for hydroxylation is 1. The minimum Gasteiger partial charge on any atom is -0.478 e. The third-order valence-electron chi connectivity index (χ3n) is 6.38. The molecule has 8 heteroatoms. The second kappa shape index (κ2) is 9.82. The highest BCUT2D eigenvalue weighted by atomic mass is 16.4. The molecule has 1 fully saturated rings. The average Bonchev–Trinajstić information content (AvgIpc) is 2.83. The molecule has 4 rings (SSSR count). The molecule has 1 amide bonds. The van der Waals surface area contributed by atoms with Gasteiger partial charge in [-0.2, -0.15) is 0 Å². The van der Waals surface area contributed by atoms with E-state index in [9.17, 15) is 19.5 Å². The Morgan fingerprint density at radius 2 is 1.71 bits per heavy atom. The smallest absolute Gasteiger partial charge is 0.337 e. The number of hydrogen-bond donors (Lipinski definition) is 2. The Labute approximate surface area is 204 Å². The van der Waals surface area contributed by atoms with Crippen molar-refractivity contribution in [3.63, 3.8) is 0 Å². The molecule has 1 aromatic heterocycles. The molecule has 184 valence electrons. The summed E-state index contributed by atoms with van der Waals surface area (Å²) in [4.78, 5) is 40.9. The molecule has 0 aliphatic carbocycles. The summed E-state index contributed by atoms with van der Waals surface area (Å²) in [5.41, 5.74) is 2.69. The monoisotopic (exact) mass is 477 g/mol. The van der Waals surface area contributed by atoms with Gasteiger partial charge in [-0.3, -0.25) is 9.59 Å². The Kier molecular flexibility index (Phi) is 6.82. The number of nitrogens with zero attached hydrogens (tertiary/aromatic N) is 2. The maximum absolute atomic E-state index is 13.1. The zero-order valence-electron chi connectivity index (χ0n) is 20.5. The second-order valence-corrected chi connectivity index (χ2v) is 9.36. The number of para-hydroxylation sites is 1. The van der Waals surface area contributed by atoms with Crippen molar-refractivity contribution < 1.29 is 19.1 Å². The lowest BCUT2D eigenvalue weighted by atomic mass is 10.0. The SMILES string of the molecule is Cc1cc(C(C)Nc2ccccc2C(=O)O)c2oc(N3CCN(C(=O)C(C)C)CC3)cc(=O)c2c1. The molecule has 2 aromatic carbocycles. The van der Waals surface area contributed by atoms with Gasteiger partial charge in [0, 0.05) is 49.4 Å². The summed E-state index contributed by atoms with van der Waals surface area (Å²) < 4.78 is 6.31. The molecule has 0 radical (unpaired) electrons. The van der Waals surface area contributed by atoms with Crippen LogP contribution in [0.25, 0.3) is 11.0 Å². The predicted octanol–water partition coefficient (Wildman–Crippen LogP) is 4.28. The van der Waals surface area contributed by atoms with Crippen molar-refractivity contribution in [1.29, 1.82) is 0 Å². The van der Waals surface area contributed by atoms with Crippen LogP contribution in [0.5, 0.6) is 0 Å². The Morgan fingerprint density at radius 3 is 2.37 bits per heavy atom. The van der Waals surface area contributed by atoms with Crippen molar-refractivity contribution in [2.75, 3.05) is 36.4 Å². The number of carboxylic acids is 1. The average molecular weight is 478 g/mol. The number of hydrogen-bond acceptors (Lipinski definition) is 6. The molecule has 0 bridgehead atoms. The Bertz CT molecular complexity index is 1320. The zero-order chi connectivity index (χ0) is 25.3. The summed E-state index contributed by atoms with van der Waals surface area (Å²) in [6.45, 7) is 9.92. The second-order valence-electron chi connectivity index (χ2n) is 9.36. The van der Waals surface area contributed by atoms with Gasteiger partial charge in [-0.15, -0.1) is 0 Å². The summed E-state index contributed by atoms with van der Waals surface area (Å²) >= 11 is 0. The molecule has 1 aliphatic heterocycles. The van der Waals surface area contributed by atoms with Crippen LogP contribution in [0.15, 0.2) is 51.7 Å². The van der Waals surface area contributed by atoms with Gasteiger partial charge in [0.2, 0.25) is 5.91 Å². The Balaban J connectivity index is 1.67. The standard InChI is InChI=1S/C27H31N3O5/c1-16(2)26(32)30-11-9-29(10-12-30)24-15-23(31)21-14-17(3)13-20(25(21)35-24)18(4)28-22-8-6-5-7-19(22)27(33)34/h5-8,13-16,18,28H,9-12H2,1-4H3,(H,33,34). The highest BCUT2D eigenvalue weighted by Gasteiger charge is 2.25. The first kappa shape index (κ1) is 24.3. The molecule has 0 spiro atoms. The van der Waals surface area contributed by atoms with Crippen LogP contribution in [0.2, 0.25) is 0 Å². The zero-order valence-corrected chi connectivity index (χ0v) is 20.5. The summed E-state index contributed by atoms with van der Waals surface area (Å²) in [5, 5.41) is 13.3. The highest BCUT2D eigenvalue weighted by Crippen LogP contribution is 2.31. The van der Waals surface area contributed by atoms with Crippen LogP contribution in [-0.4, -0.2) is 48.1 Å². The maximum Gasteiger partial charge on any atom is 0.337 e. The van der Waals surface area contributed by atoms with Crippen molar-refractivity contribution >= 4 is 34.4 Å². The van der Waals surface area contributed by atoms with Gasteiger partial charge in [0.15, 0.2) is 11.3 Å². The van der Waals surface area contributed by atoms with Crippen LogP contribution >= 0.6 is 0 Å². The van der Waals surface area contributed by atoms with Gasteiger partial charge in [-0.1, -0.05) is 32.0 Å². The third kappa shape index (κ3) is 5.01. The number of aromatic carboxylic acids is 1. The van der Waals surface area contributed by atoms with E-state index in [2.05, 4.69) is 5.32 Å². The fourth-order valence-corrected chi connectivity index (χ4v) is 4.52. The van der Waals surface area contributed by atoms with E-state index in [1.807, 2.05) is 49.6 Å². The van der Waals surface area contributed by atoms with Gasteiger partial charge < -0.3 is 24.6 Å². The highest BCUT2D eigenvalue weighted by molar-refractivity contribution is 5.94. The third-order valence-corrected chi connectivity index (χ3v) is 6.38. The minimum absolute atomic E-state index is 0.0498. The van der Waals surface area contributed by atoms with E-state index in [1.54, 1.807) is 24.3 Å². The molecule has 1 atom stereocenters. The number of amides is 1. The van der Waals surface area contributed by atoms with Crippen molar-refractivity contribution in [2.45, 2.75) is 33.7 Å². The number of carboxylic acid groups (broad SMARTS) is 1. The molecule has 1 aliphatic rings. The topological polar surface area (TPSA) is 103 Å². The molecule has 1 saturated heterocycles. The first-order valence-electron chi connectivity index (χ1n) is 11.9.